The zero-order chi connectivity index (χ0) is 11.8. The second-order valence-electron chi connectivity index (χ2n) is 5.90. The van der Waals surface area contributed by atoms with Crippen LogP contribution >= 0.6 is 0 Å². The first-order valence-electron chi connectivity index (χ1n) is 6.53. The van der Waals surface area contributed by atoms with Crippen LogP contribution in [-0.2, 0) is 0 Å². The summed E-state index contributed by atoms with van der Waals surface area (Å²) in [5.41, 5.74) is 2.99. The quantitative estimate of drug-likeness (QED) is 0.716. The lowest BCUT2D eigenvalue weighted by Gasteiger charge is -2.36. The van der Waals surface area contributed by atoms with Gasteiger partial charge in [0, 0.05) is 0 Å². The van der Waals surface area contributed by atoms with Gasteiger partial charge in [0.2, 0.25) is 0 Å². The molecule has 1 nitrogen and oxygen atoms in total. The number of fused-ring (bicyclic) bond motifs is 2. The van der Waals surface area contributed by atoms with Crippen LogP contribution < -0.4 is 0 Å². The highest BCUT2D eigenvalue weighted by molar-refractivity contribution is 5.24. The summed E-state index contributed by atoms with van der Waals surface area (Å²) >= 11 is 0. The third kappa shape index (κ3) is 1.86. The van der Waals surface area contributed by atoms with E-state index in [0.29, 0.717) is 5.41 Å². The molecule has 2 fully saturated rings. The number of rotatable bonds is 4. The number of hydrogen-bond acceptors (Lipinski definition) is 1. The molecule has 2 aliphatic carbocycles. The first kappa shape index (κ1) is 11.9. The number of allylic oxidation sites excluding steroid dienone is 2. The van der Waals surface area contributed by atoms with Crippen LogP contribution in [0.5, 0.6) is 0 Å². The Morgan fingerprint density at radius 2 is 2.31 bits per heavy atom. The van der Waals surface area contributed by atoms with Crippen molar-refractivity contribution >= 4 is 0 Å². The molecule has 2 saturated carbocycles. The summed E-state index contributed by atoms with van der Waals surface area (Å²) in [6, 6.07) is 0. The Kier molecular flexibility index (Phi) is 3.25. The molecule has 0 spiro atoms. The van der Waals surface area contributed by atoms with E-state index in [1.165, 1.54) is 31.3 Å². The van der Waals surface area contributed by atoms with E-state index in [1.807, 2.05) is 6.92 Å². The molecule has 1 unspecified atom stereocenters. The van der Waals surface area contributed by atoms with Gasteiger partial charge in [-0.25, -0.2) is 0 Å². The highest BCUT2D eigenvalue weighted by atomic mass is 16.3. The minimum Gasteiger partial charge on any atom is -0.392 e. The molecule has 16 heavy (non-hydrogen) atoms. The van der Waals surface area contributed by atoms with Crippen LogP contribution in [0.15, 0.2) is 23.8 Å². The van der Waals surface area contributed by atoms with Crippen LogP contribution in [0.4, 0.5) is 0 Å². The molecular weight excluding hydrogens is 196 g/mol. The first-order valence-corrected chi connectivity index (χ1v) is 6.53. The molecule has 0 aromatic rings. The van der Waals surface area contributed by atoms with Gasteiger partial charge in [0.25, 0.3) is 0 Å². The van der Waals surface area contributed by atoms with Crippen molar-refractivity contribution < 1.29 is 5.11 Å². The molecule has 1 heteroatoms. The summed E-state index contributed by atoms with van der Waals surface area (Å²) in [5, 5.41) is 8.96. The van der Waals surface area contributed by atoms with Crippen molar-refractivity contribution in [2.45, 2.75) is 46.0 Å². The Balaban J connectivity index is 1.96. The number of aliphatic hydroxyl groups excluding tert-OH is 1. The van der Waals surface area contributed by atoms with Crippen LogP contribution in [0.25, 0.3) is 0 Å². The third-order valence-corrected chi connectivity index (χ3v) is 4.97. The molecule has 1 N–H and O–H groups in total. The fourth-order valence-corrected chi connectivity index (χ4v) is 3.65. The Labute approximate surface area is 99.3 Å². The Morgan fingerprint density at radius 1 is 1.56 bits per heavy atom. The second kappa shape index (κ2) is 4.37. The fourth-order valence-electron chi connectivity index (χ4n) is 3.65. The second-order valence-corrected chi connectivity index (χ2v) is 5.90. The largest absolute Gasteiger partial charge is 0.392 e. The van der Waals surface area contributed by atoms with Crippen molar-refractivity contribution in [2.75, 3.05) is 6.61 Å². The average molecular weight is 220 g/mol. The Hall–Kier alpha value is -0.560. The zero-order valence-corrected chi connectivity index (χ0v) is 10.6. The van der Waals surface area contributed by atoms with Crippen LogP contribution in [-0.4, -0.2) is 11.7 Å². The minimum atomic E-state index is 0.198. The molecule has 0 aliphatic heterocycles. The molecular formula is C15H24O. The highest BCUT2D eigenvalue weighted by Crippen LogP contribution is 2.60. The van der Waals surface area contributed by atoms with Crippen molar-refractivity contribution in [3.05, 3.63) is 23.8 Å². The van der Waals surface area contributed by atoms with Gasteiger partial charge in [0.15, 0.2) is 0 Å². The summed E-state index contributed by atoms with van der Waals surface area (Å²) in [5.74, 6) is 1.70. The molecule has 0 aromatic heterocycles. The van der Waals surface area contributed by atoms with Gasteiger partial charge >= 0.3 is 0 Å². The summed E-state index contributed by atoms with van der Waals surface area (Å²) in [6.07, 6.45) is 8.66. The molecule has 2 aliphatic rings. The van der Waals surface area contributed by atoms with Crippen molar-refractivity contribution in [3.8, 4) is 0 Å². The summed E-state index contributed by atoms with van der Waals surface area (Å²) in [6.45, 7) is 8.94. The summed E-state index contributed by atoms with van der Waals surface area (Å²) in [7, 11) is 0. The highest BCUT2D eigenvalue weighted by Gasteiger charge is 2.49. The van der Waals surface area contributed by atoms with Crippen LogP contribution in [0, 0.1) is 17.3 Å². The van der Waals surface area contributed by atoms with Gasteiger partial charge in [0.1, 0.15) is 0 Å². The molecule has 0 amide bonds. The third-order valence-electron chi connectivity index (χ3n) is 4.97. The fraction of sp³-hybridized carbons (Fsp3) is 0.733. The van der Waals surface area contributed by atoms with E-state index in [9.17, 15) is 0 Å². The van der Waals surface area contributed by atoms with E-state index in [2.05, 4.69) is 19.6 Å². The normalized spacial score (nSPS) is 38.4. The SMILES string of the molecule is C=C1[C@@H]2CC[C@@H](C2)C1(C)CCC=C(C)CO. The van der Waals surface area contributed by atoms with E-state index >= 15 is 0 Å². The van der Waals surface area contributed by atoms with Gasteiger partial charge in [-0.15, -0.1) is 0 Å². The molecule has 3 atom stereocenters. The van der Waals surface area contributed by atoms with Gasteiger partial charge < -0.3 is 5.11 Å². The van der Waals surface area contributed by atoms with Crippen molar-refractivity contribution in [2.24, 2.45) is 17.3 Å². The molecule has 90 valence electrons. The molecule has 2 rings (SSSR count). The predicted molar refractivity (Wildman–Crippen MR) is 68.2 cm³/mol. The lowest BCUT2D eigenvalue weighted by molar-refractivity contribution is 0.240. The lowest BCUT2D eigenvalue weighted by Crippen LogP contribution is -2.26. The van der Waals surface area contributed by atoms with Crippen molar-refractivity contribution in [3.63, 3.8) is 0 Å². The standard InChI is InChI=1S/C15H24O/c1-11(10-16)5-4-8-15(3)12(2)13-6-7-14(15)9-13/h5,13-14,16H,2,4,6-10H2,1,3H3/t13-,14+,15?/m1/s1. The Morgan fingerprint density at radius 3 is 2.88 bits per heavy atom. The molecule has 2 bridgehead atoms. The van der Waals surface area contributed by atoms with E-state index in [4.69, 9.17) is 5.11 Å². The Bertz CT molecular complexity index is 315. The van der Waals surface area contributed by atoms with Crippen molar-refractivity contribution in [1.29, 1.82) is 0 Å². The maximum Gasteiger partial charge on any atom is 0.0639 e. The zero-order valence-electron chi connectivity index (χ0n) is 10.6. The van der Waals surface area contributed by atoms with Gasteiger partial charge in [-0.1, -0.05) is 30.7 Å². The number of hydrogen-bond donors (Lipinski definition) is 1. The topological polar surface area (TPSA) is 20.2 Å². The minimum absolute atomic E-state index is 0.198. The van der Waals surface area contributed by atoms with Gasteiger partial charge in [-0.3, -0.25) is 0 Å². The van der Waals surface area contributed by atoms with E-state index in [1.54, 1.807) is 0 Å². The maximum atomic E-state index is 8.96. The average Bonchev–Trinajstić information content (AvgIpc) is 2.83. The lowest BCUT2D eigenvalue weighted by atomic mass is 9.69. The molecule has 0 heterocycles. The maximum absolute atomic E-state index is 8.96. The van der Waals surface area contributed by atoms with Crippen LogP contribution in [0.1, 0.15) is 46.0 Å². The van der Waals surface area contributed by atoms with Gasteiger partial charge in [-0.2, -0.15) is 0 Å². The van der Waals surface area contributed by atoms with E-state index in [0.717, 1.165) is 23.8 Å². The van der Waals surface area contributed by atoms with E-state index in [-0.39, 0.29) is 6.61 Å². The van der Waals surface area contributed by atoms with Crippen LogP contribution in [0.2, 0.25) is 0 Å². The monoisotopic (exact) mass is 220 g/mol. The molecule has 0 saturated heterocycles. The number of aliphatic hydroxyl groups is 1. The summed E-state index contributed by atoms with van der Waals surface area (Å²) in [4.78, 5) is 0. The molecule has 0 radical (unpaired) electrons. The van der Waals surface area contributed by atoms with Crippen molar-refractivity contribution in [1.82, 2.24) is 0 Å². The first-order chi connectivity index (χ1) is 7.58. The van der Waals surface area contributed by atoms with Gasteiger partial charge in [0.05, 0.1) is 6.61 Å². The predicted octanol–water partition coefficient (Wildman–Crippen LogP) is 3.70. The smallest absolute Gasteiger partial charge is 0.0639 e. The van der Waals surface area contributed by atoms with Crippen LogP contribution in [0.3, 0.4) is 0 Å². The van der Waals surface area contributed by atoms with Gasteiger partial charge in [-0.05, 0) is 56.3 Å². The van der Waals surface area contributed by atoms with E-state index < -0.39 is 0 Å². The summed E-state index contributed by atoms with van der Waals surface area (Å²) < 4.78 is 0. The molecule has 0 aromatic carbocycles.